The highest BCUT2D eigenvalue weighted by atomic mass is 32.2. The van der Waals surface area contributed by atoms with E-state index in [2.05, 4.69) is 18.0 Å². The lowest BCUT2D eigenvalue weighted by Crippen LogP contribution is -2.47. The van der Waals surface area contributed by atoms with Crippen molar-refractivity contribution in [2.75, 3.05) is 24.4 Å². The molecule has 0 saturated carbocycles. The van der Waals surface area contributed by atoms with Crippen molar-refractivity contribution in [3.05, 3.63) is 59.2 Å². The number of sulfonamides is 1. The normalized spacial score (nSPS) is 22.6. The molecule has 1 fully saturated rings. The van der Waals surface area contributed by atoms with E-state index in [1.165, 1.54) is 12.1 Å². The third-order valence-electron chi connectivity index (χ3n) is 5.44. The number of likely N-dealkylation sites (tertiary alicyclic amines) is 1. The van der Waals surface area contributed by atoms with Gasteiger partial charge in [0.2, 0.25) is 0 Å². The first-order valence-corrected chi connectivity index (χ1v) is 10.2. The fraction of sp³-hybridized carbons (Fsp3) is 0.350. The van der Waals surface area contributed by atoms with Crippen LogP contribution in [0.15, 0.2) is 47.4 Å². The van der Waals surface area contributed by atoms with Crippen molar-refractivity contribution >= 4 is 15.7 Å². The predicted octanol–water partition coefficient (Wildman–Crippen LogP) is 2.86. The summed E-state index contributed by atoms with van der Waals surface area (Å²) in [4.78, 5) is 2.51. The van der Waals surface area contributed by atoms with Gasteiger partial charge in [-0.2, -0.15) is 5.26 Å². The number of piperidine rings is 1. The summed E-state index contributed by atoms with van der Waals surface area (Å²) in [5.41, 5.74) is 3.52. The minimum atomic E-state index is -3.67. The highest BCUT2D eigenvalue weighted by Crippen LogP contribution is 2.47. The van der Waals surface area contributed by atoms with Crippen LogP contribution < -0.4 is 4.31 Å². The van der Waals surface area contributed by atoms with Crippen LogP contribution in [0.2, 0.25) is 0 Å². The van der Waals surface area contributed by atoms with Crippen LogP contribution in [0.5, 0.6) is 0 Å². The molecule has 0 unspecified atom stereocenters. The lowest BCUT2D eigenvalue weighted by atomic mass is 9.89. The number of anilines is 1. The smallest absolute Gasteiger partial charge is 0.264 e. The molecule has 2 atom stereocenters. The van der Waals surface area contributed by atoms with Gasteiger partial charge in [0.05, 0.1) is 28.3 Å². The van der Waals surface area contributed by atoms with Crippen LogP contribution in [0.3, 0.4) is 0 Å². The highest BCUT2D eigenvalue weighted by Gasteiger charge is 2.46. The first kappa shape index (κ1) is 17.1. The molecule has 0 amide bonds. The maximum atomic E-state index is 13.4. The van der Waals surface area contributed by atoms with Gasteiger partial charge in [0.15, 0.2) is 0 Å². The molecule has 0 aromatic heterocycles. The zero-order valence-corrected chi connectivity index (χ0v) is 15.7. The third kappa shape index (κ3) is 2.59. The van der Waals surface area contributed by atoms with Crippen molar-refractivity contribution in [3.63, 3.8) is 0 Å². The molecule has 0 N–H and O–H groups in total. The standard InChI is InChI=1S/C20H21N3O2S/c1-14-3-8-19-17(11-14)18-13-22(2)10-9-20(18)23(19)26(24,25)16-6-4-15(12-21)5-7-16/h3-8,11,18,20H,9-10,13H2,1-2H3/t18-,20+/m0/s1. The Balaban J connectivity index is 1.83. The first-order valence-electron chi connectivity index (χ1n) is 8.75. The molecule has 0 bridgehead atoms. The molecule has 2 aliphatic heterocycles. The Kier molecular flexibility index (Phi) is 4.02. The summed E-state index contributed by atoms with van der Waals surface area (Å²) >= 11 is 0. The molecular weight excluding hydrogens is 346 g/mol. The van der Waals surface area contributed by atoms with Crippen molar-refractivity contribution in [1.82, 2.24) is 4.90 Å². The summed E-state index contributed by atoms with van der Waals surface area (Å²) in [6, 6.07) is 14.2. The average molecular weight is 367 g/mol. The van der Waals surface area contributed by atoms with Gasteiger partial charge >= 0.3 is 0 Å². The maximum absolute atomic E-state index is 13.4. The van der Waals surface area contributed by atoms with E-state index in [1.807, 2.05) is 25.1 Å². The second-order valence-electron chi connectivity index (χ2n) is 7.22. The van der Waals surface area contributed by atoms with E-state index in [4.69, 9.17) is 5.26 Å². The molecule has 2 aromatic rings. The van der Waals surface area contributed by atoms with Crippen LogP contribution in [0.25, 0.3) is 0 Å². The Labute approximate surface area is 154 Å². The molecule has 2 heterocycles. The number of likely N-dealkylation sites (N-methyl/N-ethyl adjacent to an activating group) is 1. The molecule has 134 valence electrons. The summed E-state index contributed by atoms with van der Waals surface area (Å²) in [7, 11) is -1.59. The van der Waals surface area contributed by atoms with Gasteiger partial charge in [0.1, 0.15) is 0 Å². The number of aryl methyl sites for hydroxylation is 1. The summed E-state index contributed by atoms with van der Waals surface area (Å²) in [6.07, 6.45) is 0.810. The molecule has 26 heavy (non-hydrogen) atoms. The first-order chi connectivity index (χ1) is 12.4. The quantitative estimate of drug-likeness (QED) is 0.819. The second kappa shape index (κ2) is 6.11. The monoisotopic (exact) mass is 367 g/mol. The van der Waals surface area contributed by atoms with Crippen molar-refractivity contribution < 1.29 is 8.42 Å². The number of rotatable bonds is 2. The summed E-state index contributed by atoms with van der Waals surface area (Å²) in [5.74, 6) is 0.191. The number of hydrogen-bond acceptors (Lipinski definition) is 4. The van der Waals surface area contributed by atoms with E-state index in [1.54, 1.807) is 16.4 Å². The Morgan fingerprint density at radius 1 is 1.15 bits per heavy atom. The molecule has 5 nitrogen and oxygen atoms in total. The largest absolute Gasteiger partial charge is 0.306 e. The Bertz CT molecular complexity index is 993. The van der Waals surface area contributed by atoms with Crippen LogP contribution in [0.4, 0.5) is 5.69 Å². The molecule has 0 spiro atoms. The van der Waals surface area contributed by atoms with Crippen LogP contribution in [-0.4, -0.2) is 39.5 Å². The Hall–Kier alpha value is -2.36. The summed E-state index contributed by atoms with van der Waals surface area (Å²) < 4.78 is 28.5. The van der Waals surface area contributed by atoms with Gasteiger partial charge in [0.25, 0.3) is 10.0 Å². The SMILES string of the molecule is Cc1ccc2c(c1)[C@@H]1CN(C)CC[C@H]1N2S(=O)(=O)c1ccc(C#N)cc1. The average Bonchev–Trinajstić information content (AvgIpc) is 2.95. The van der Waals surface area contributed by atoms with E-state index in [-0.39, 0.29) is 16.9 Å². The fourth-order valence-corrected chi connectivity index (χ4v) is 5.90. The van der Waals surface area contributed by atoms with Crippen LogP contribution >= 0.6 is 0 Å². The topological polar surface area (TPSA) is 64.4 Å². The van der Waals surface area contributed by atoms with E-state index in [0.29, 0.717) is 5.56 Å². The number of benzene rings is 2. The van der Waals surface area contributed by atoms with E-state index in [0.717, 1.165) is 36.3 Å². The molecular formula is C20H21N3O2S. The molecule has 4 rings (SSSR count). The number of fused-ring (bicyclic) bond motifs is 3. The van der Waals surface area contributed by atoms with Crippen molar-refractivity contribution in [3.8, 4) is 6.07 Å². The van der Waals surface area contributed by atoms with E-state index < -0.39 is 10.0 Å². The fourth-order valence-electron chi connectivity index (χ4n) is 4.16. The Morgan fingerprint density at radius 3 is 2.58 bits per heavy atom. The number of nitrogens with zero attached hydrogens (tertiary/aromatic N) is 3. The molecule has 2 aliphatic rings. The van der Waals surface area contributed by atoms with Crippen molar-refractivity contribution in [1.29, 1.82) is 5.26 Å². The Morgan fingerprint density at radius 2 is 1.88 bits per heavy atom. The molecule has 2 aromatic carbocycles. The minimum absolute atomic E-state index is 0.0522. The lowest BCUT2D eigenvalue weighted by Gasteiger charge is -2.36. The number of hydrogen-bond donors (Lipinski definition) is 0. The van der Waals surface area contributed by atoms with Gasteiger partial charge in [-0.15, -0.1) is 0 Å². The van der Waals surface area contributed by atoms with E-state index in [9.17, 15) is 8.42 Å². The molecule has 0 radical (unpaired) electrons. The second-order valence-corrected chi connectivity index (χ2v) is 9.04. The maximum Gasteiger partial charge on any atom is 0.264 e. The van der Waals surface area contributed by atoms with Gasteiger partial charge < -0.3 is 4.90 Å². The number of nitriles is 1. The molecule has 6 heteroatoms. The third-order valence-corrected chi connectivity index (χ3v) is 7.29. The van der Waals surface area contributed by atoms with Gasteiger partial charge in [-0.25, -0.2) is 8.42 Å². The van der Waals surface area contributed by atoms with Crippen molar-refractivity contribution in [2.24, 2.45) is 0 Å². The highest BCUT2D eigenvalue weighted by molar-refractivity contribution is 7.92. The lowest BCUT2D eigenvalue weighted by molar-refractivity contribution is 0.237. The van der Waals surface area contributed by atoms with Crippen molar-refractivity contribution in [2.45, 2.75) is 30.2 Å². The minimum Gasteiger partial charge on any atom is -0.306 e. The zero-order valence-electron chi connectivity index (χ0n) is 14.9. The van der Waals surface area contributed by atoms with E-state index >= 15 is 0 Å². The molecule has 0 aliphatic carbocycles. The zero-order chi connectivity index (χ0) is 18.5. The summed E-state index contributed by atoms with van der Waals surface area (Å²) in [5, 5.41) is 8.96. The van der Waals surface area contributed by atoms with Gasteiger partial charge in [-0.05, 0) is 62.8 Å². The van der Waals surface area contributed by atoms with Crippen LogP contribution in [0.1, 0.15) is 29.0 Å². The van der Waals surface area contributed by atoms with Gasteiger partial charge in [0, 0.05) is 12.5 Å². The molecule has 1 saturated heterocycles. The van der Waals surface area contributed by atoms with Gasteiger partial charge in [-0.1, -0.05) is 17.7 Å². The van der Waals surface area contributed by atoms with Gasteiger partial charge in [-0.3, -0.25) is 4.31 Å². The van der Waals surface area contributed by atoms with Crippen LogP contribution in [0, 0.1) is 18.3 Å². The summed E-state index contributed by atoms with van der Waals surface area (Å²) in [6.45, 7) is 3.79. The predicted molar refractivity (Wildman–Crippen MR) is 101 cm³/mol. The van der Waals surface area contributed by atoms with Crippen LogP contribution in [-0.2, 0) is 10.0 Å².